The minimum absolute atomic E-state index is 0.0441. The van der Waals surface area contributed by atoms with Gasteiger partial charge in [0, 0.05) is 31.6 Å². The van der Waals surface area contributed by atoms with Crippen LogP contribution in [-0.2, 0) is 14.3 Å². The molecular formula is C18H24N2O4. The zero-order chi connectivity index (χ0) is 17.4. The highest BCUT2D eigenvalue weighted by molar-refractivity contribution is 5.94. The summed E-state index contributed by atoms with van der Waals surface area (Å²) in [6.45, 7) is 3.48. The van der Waals surface area contributed by atoms with E-state index in [4.69, 9.17) is 4.74 Å². The summed E-state index contributed by atoms with van der Waals surface area (Å²) >= 11 is 0. The Morgan fingerprint density at radius 3 is 2.71 bits per heavy atom. The van der Waals surface area contributed by atoms with E-state index in [-0.39, 0.29) is 36.7 Å². The zero-order valence-electron chi connectivity index (χ0n) is 14.0. The van der Waals surface area contributed by atoms with Crippen molar-refractivity contribution in [2.75, 3.05) is 26.2 Å². The molecule has 0 aliphatic carbocycles. The maximum absolute atomic E-state index is 12.3. The van der Waals surface area contributed by atoms with Crippen LogP contribution >= 0.6 is 0 Å². The second kappa shape index (κ2) is 9.05. The molecule has 0 aromatic heterocycles. The number of benzene rings is 1. The first kappa shape index (κ1) is 18.0. The van der Waals surface area contributed by atoms with Crippen LogP contribution in [0.2, 0.25) is 0 Å². The van der Waals surface area contributed by atoms with Gasteiger partial charge in [-0.3, -0.25) is 14.4 Å². The molecule has 1 aliphatic rings. The van der Waals surface area contributed by atoms with Gasteiger partial charge in [0.05, 0.1) is 12.5 Å². The van der Waals surface area contributed by atoms with Crippen LogP contribution in [0.5, 0.6) is 0 Å². The summed E-state index contributed by atoms with van der Waals surface area (Å²) in [5, 5.41) is 2.75. The van der Waals surface area contributed by atoms with Crippen molar-refractivity contribution in [3.05, 3.63) is 35.9 Å². The van der Waals surface area contributed by atoms with Crippen molar-refractivity contribution in [1.29, 1.82) is 0 Å². The van der Waals surface area contributed by atoms with E-state index in [2.05, 4.69) is 5.32 Å². The Morgan fingerprint density at radius 2 is 2.00 bits per heavy atom. The van der Waals surface area contributed by atoms with E-state index >= 15 is 0 Å². The molecule has 1 aromatic rings. The molecule has 1 saturated heterocycles. The third kappa shape index (κ3) is 5.08. The molecule has 1 atom stereocenters. The predicted molar refractivity (Wildman–Crippen MR) is 89.3 cm³/mol. The lowest BCUT2D eigenvalue weighted by molar-refractivity contribution is -0.151. The van der Waals surface area contributed by atoms with Crippen molar-refractivity contribution in [2.45, 2.75) is 26.2 Å². The Balaban J connectivity index is 1.76. The third-order valence-electron chi connectivity index (χ3n) is 4.05. The molecule has 6 heteroatoms. The fourth-order valence-electron chi connectivity index (χ4n) is 2.79. The molecule has 0 radical (unpaired) electrons. The summed E-state index contributed by atoms with van der Waals surface area (Å²) in [5.74, 6) is -0.697. The SMILES string of the molecule is CCOC(=O)C1CCCN(C(=O)CCNC(=O)c2ccccc2)C1. The first-order chi connectivity index (χ1) is 11.6. The third-order valence-corrected chi connectivity index (χ3v) is 4.05. The Kier molecular flexibility index (Phi) is 6.78. The second-order valence-corrected chi connectivity index (χ2v) is 5.80. The molecule has 1 aromatic carbocycles. The molecule has 1 N–H and O–H groups in total. The number of ether oxygens (including phenoxy) is 1. The number of amides is 2. The van der Waals surface area contributed by atoms with Gasteiger partial charge in [-0.2, -0.15) is 0 Å². The summed E-state index contributed by atoms with van der Waals surface area (Å²) in [7, 11) is 0. The van der Waals surface area contributed by atoms with Gasteiger partial charge >= 0.3 is 5.97 Å². The number of nitrogens with zero attached hydrogens (tertiary/aromatic N) is 1. The lowest BCUT2D eigenvalue weighted by Gasteiger charge is -2.31. The van der Waals surface area contributed by atoms with E-state index in [1.54, 1.807) is 36.1 Å². The summed E-state index contributed by atoms with van der Waals surface area (Å²) in [6.07, 6.45) is 1.78. The standard InChI is InChI=1S/C18H24N2O4/c1-2-24-18(23)15-9-6-12-20(13-15)16(21)10-11-19-17(22)14-7-4-3-5-8-14/h3-5,7-8,15H,2,6,9-13H2,1H3,(H,19,22). The van der Waals surface area contributed by atoms with Gasteiger partial charge in [0.1, 0.15) is 0 Å². The van der Waals surface area contributed by atoms with Crippen molar-refractivity contribution in [3.8, 4) is 0 Å². The smallest absolute Gasteiger partial charge is 0.310 e. The Morgan fingerprint density at radius 1 is 1.25 bits per heavy atom. The number of carbonyl (C=O) groups is 3. The Bertz CT molecular complexity index is 574. The number of carbonyl (C=O) groups excluding carboxylic acids is 3. The molecule has 24 heavy (non-hydrogen) atoms. The fourth-order valence-corrected chi connectivity index (χ4v) is 2.79. The normalized spacial score (nSPS) is 17.2. The van der Waals surface area contributed by atoms with Gasteiger partial charge in [-0.1, -0.05) is 18.2 Å². The molecular weight excluding hydrogens is 308 g/mol. The first-order valence-corrected chi connectivity index (χ1v) is 8.39. The monoisotopic (exact) mass is 332 g/mol. The number of rotatable bonds is 6. The maximum atomic E-state index is 12.3. The number of piperidine rings is 1. The molecule has 2 rings (SSSR count). The van der Waals surface area contributed by atoms with Gasteiger partial charge < -0.3 is 15.0 Å². The molecule has 1 fully saturated rings. The van der Waals surface area contributed by atoms with Crippen LogP contribution in [0.3, 0.4) is 0 Å². The van der Waals surface area contributed by atoms with E-state index in [1.165, 1.54) is 0 Å². The summed E-state index contributed by atoms with van der Waals surface area (Å²) in [6, 6.07) is 8.89. The van der Waals surface area contributed by atoms with Crippen LogP contribution in [0.25, 0.3) is 0 Å². The van der Waals surface area contributed by atoms with Crippen LogP contribution in [0.15, 0.2) is 30.3 Å². The molecule has 0 spiro atoms. The van der Waals surface area contributed by atoms with Crippen LogP contribution in [0, 0.1) is 5.92 Å². The van der Waals surface area contributed by atoms with Crippen LogP contribution in [-0.4, -0.2) is 48.9 Å². The lowest BCUT2D eigenvalue weighted by atomic mass is 9.98. The molecule has 1 aliphatic heterocycles. The number of likely N-dealkylation sites (tertiary alicyclic amines) is 1. The van der Waals surface area contributed by atoms with Gasteiger partial charge in [0.25, 0.3) is 5.91 Å². The predicted octanol–water partition coefficient (Wildman–Crippen LogP) is 1.61. The summed E-state index contributed by atoms with van der Waals surface area (Å²) in [4.78, 5) is 37.7. The van der Waals surface area contributed by atoms with Crippen molar-refractivity contribution >= 4 is 17.8 Å². The highest BCUT2D eigenvalue weighted by atomic mass is 16.5. The van der Waals surface area contributed by atoms with Crippen molar-refractivity contribution in [2.24, 2.45) is 5.92 Å². The minimum Gasteiger partial charge on any atom is -0.466 e. The zero-order valence-corrected chi connectivity index (χ0v) is 14.0. The highest BCUT2D eigenvalue weighted by Crippen LogP contribution is 2.18. The molecule has 130 valence electrons. The van der Waals surface area contributed by atoms with Crippen LogP contribution in [0.4, 0.5) is 0 Å². The quantitative estimate of drug-likeness (QED) is 0.803. The topological polar surface area (TPSA) is 75.7 Å². The average molecular weight is 332 g/mol. The second-order valence-electron chi connectivity index (χ2n) is 5.80. The van der Waals surface area contributed by atoms with Crippen LogP contribution in [0.1, 0.15) is 36.5 Å². The van der Waals surface area contributed by atoms with Gasteiger partial charge in [-0.05, 0) is 31.9 Å². The van der Waals surface area contributed by atoms with Crippen molar-refractivity contribution in [3.63, 3.8) is 0 Å². The first-order valence-electron chi connectivity index (χ1n) is 8.39. The molecule has 6 nitrogen and oxygen atoms in total. The highest BCUT2D eigenvalue weighted by Gasteiger charge is 2.29. The maximum Gasteiger partial charge on any atom is 0.310 e. The number of hydrogen-bond acceptors (Lipinski definition) is 4. The molecule has 0 saturated carbocycles. The van der Waals surface area contributed by atoms with Gasteiger partial charge in [0.2, 0.25) is 5.91 Å². The van der Waals surface area contributed by atoms with Gasteiger partial charge in [0.15, 0.2) is 0 Å². The molecule has 2 amide bonds. The Labute approximate surface area is 142 Å². The van der Waals surface area contributed by atoms with E-state index in [0.717, 1.165) is 12.8 Å². The van der Waals surface area contributed by atoms with Crippen molar-refractivity contribution in [1.82, 2.24) is 10.2 Å². The van der Waals surface area contributed by atoms with E-state index in [0.29, 0.717) is 25.3 Å². The summed E-state index contributed by atoms with van der Waals surface area (Å²) in [5.41, 5.74) is 0.574. The van der Waals surface area contributed by atoms with Crippen LogP contribution < -0.4 is 5.32 Å². The van der Waals surface area contributed by atoms with Gasteiger partial charge in [-0.15, -0.1) is 0 Å². The number of hydrogen-bond donors (Lipinski definition) is 1. The number of nitrogens with one attached hydrogen (secondary N) is 1. The van der Waals surface area contributed by atoms with Crippen molar-refractivity contribution < 1.29 is 19.1 Å². The fraction of sp³-hybridized carbons (Fsp3) is 0.500. The largest absolute Gasteiger partial charge is 0.466 e. The summed E-state index contributed by atoms with van der Waals surface area (Å²) < 4.78 is 5.04. The lowest BCUT2D eigenvalue weighted by Crippen LogP contribution is -2.43. The molecule has 1 heterocycles. The van der Waals surface area contributed by atoms with E-state index in [9.17, 15) is 14.4 Å². The van der Waals surface area contributed by atoms with E-state index in [1.807, 2.05) is 6.07 Å². The van der Waals surface area contributed by atoms with Gasteiger partial charge in [-0.25, -0.2) is 0 Å². The number of esters is 1. The minimum atomic E-state index is -0.235. The average Bonchev–Trinajstić information content (AvgIpc) is 2.62. The molecule has 0 bridgehead atoms. The molecule has 1 unspecified atom stereocenters. The van der Waals surface area contributed by atoms with E-state index < -0.39 is 0 Å². The Hall–Kier alpha value is -2.37.